The second-order valence-electron chi connectivity index (χ2n) is 6.56. The van der Waals surface area contributed by atoms with E-state index in [0.717, 1.165) is 11.3 Å². The van der Waals surface area contributed by atoms with Gasteiger partial charge in [-0.2, -0.15) is 0 Å². The van der Waals surface area contributed by atoms with Crippen molar-refractivity contribution >= 4 is 27.6 Å². The predicted octanol–water partition coefficient (Wildman–Crippen LogP) is 3.86. The smallest absolute Gasteiger partial charge is 0.315 e. The number of nitrogens with one attached hydrogen (secondary N) is 2. The molecular weight excluding hydrogens is 380 g/mol. The van der Waals surface area contributed by atoms with Gasteiger partial charge in [-0.15, -0.1) is 11.8 Å². The zero-order chi connectivity index (χ0) is 20.0. The minimum absolute atomic E-state index is 0.217. The minimum Gasteiger partial charge on any atom is -0.337 e. The maximum absolute atomic E-state index is 12.0. The van der Waals surface area contributed by atoms with Crippen molar-refractivity contribution in [1.29, 1.82) is 0 Å². The van der Waals surface area contributed by atoms with Crippen LogP contribution in [0.5, 0.6) is 0 Å². The van der Waals surface area contributed by atoms with Crippen molar-refractivity contribution in [2.24, 2.45) is 0 Å². The number of carbonyl (C=O) groups is 1. The first-order valence-corrected chi connectivity index (χ1v) is 11.6. The van der Waals surface area contributed by atoms with Crippen LogP contribution in [0.3, 0.4) is 0 Å². The molecule has 0 spiro atoms. The Morgan fingerprint density at radius 3 is 2.33 bits per heavy atom. The van der Waals surface area contributed by atoms with Gasteiger partial charge in [0, 0.05) is 23.4 Å². The van der Waals surface area contributed by atoms with Crippen molar-refractivity contribution in [2.45, 2.75) is 36.6 Å². The summed E-state index contributed by atoms with van der Waals surface area (Å²) in [5.41, 5.74) is 3.39. The highest BCUT2D eigenvalue weighted by Gasteiger charge is 2.11. The fourth-order valence-electron chi connectivity index (χ4n) is 2.47. The first kappa shape index (κ1) is 21.3. The Bertz CT molecular complexity index is 894. The molecule has 0 heterocycles. The lowest BCUT2D eigenvalue weighted by Gasteiger charge is -2.15. The van der Waals surface area contributed by atoms with Gasteiger partial charge in [0.05, 0.1) is 10.9 Å². The van der Waals surface area contributed by atoms with E-state index in [-0.39, 0.29) is 17.0 Å². The molecule has 146 valence electrons. The second-order valence-corrected chi connectivity index (χ2v) is 9.74. The van der Waals surface area contributed by atoms with E-state index in [2.05, 4.69) is 42.7 Å². The van der Waals surface area contributed by atoms with Crippen molar-refractivity contribution in [1.82, 2.24) is 10.6 Å². The molecule has 0 bridgehead atoms. The average Bonchev–Trinajstić information content (AvgIpc) is 2.61. The maximum atomic E-state index is 12.0. The number of thioether (sulfide) groups is 1. The topological polar surface area (TPSA) is 75.3 Å². The molecule has 0 aliphatic heterocycles. The van der Waals surface area contributed by atoms with Crippen LogP contribution in [0.2, 0.25) is 0 Å². The van der Waals surface area contributed by atoms with E-state index < -0.39 is 9.84 Å². The molecule has 0 aromatic heterocycles. The van der Waals surface area contributed by atoms with Crippen molar-refractivity contribution in [3.05, 3.63) is 59.2 Å². The largest absolute Gasteiger partial charge is 0.337 e. The molecule has 7 heteroatoms. The number of rotatable bonds is 7. The van der Waals surface area contributed by atoms with Gasteiger partial charge in [-0.05, 0) is 61.7 Å². The molecule has 27 heavy (non-hydrogen) atoms. The van der Waals surface area contributed by atoms with Crippen LogP contribution in [0, 0.1) is 13.8 Å². The van der Waals surface area contributed by atoms with Gasteiger partial charge in [0.15, 0.2) is 9.84 Å². The first-order valence-electron chi connectivity index (χ1n) is 8.71. The normalized spacial score (nSPS) is 12.4. The summed E-state index contributed by atoms with van der Waals surface area (Å²) in [7, 11) is -3.21. The number of carbonyl (C=O) groups excluding carboxylic acids is 1. The highest BCUT2D eigenvalue weighted by atomic mass is 32.2. The number of aryl methyl sites for hydroxylation is 2. The van der Waals surface area contributed by atoms with E-state index in [9.17, 15) is 13.2 Å². The Labute approximate surface area is 165 Å². The van der Waals surface area contributed by atoms with Crippen LogP contribution in [0.15, 0.2) is 52.3 Å². The molecular formula is C20H26N2O3S2. The van der Waals surface area contributed by atoms with Gasteiger partial charge in [0.1, 0.15) is 0 Å². The lowest BCUT2D eigenvalue weighted by Crippen LogP contribution is -2.38. The van der Waals surface area contributed by atoms with Crippen molar-refractivity contribution in [3.8, 4) is 0 Å². The Morgan fingerprint density at radius 2 is 1.74 bits per heavy atom. The fourth-order valence-corrected chi connectivity index (χ4v) is 3.97. The molecule has 2 aromatic rings. The standard InChI is InChI=1S/C20H26N2O3S2/c1-14-5-8-18(13-15(14)2)26-12-11-21-20(23)22-16(3)17-6-9-19(10-7-17)27(4,24)25/h5-10,13,16H,11-12H2,1-4H3,(H2,21,22,23)/t16-/m1/s1. The number of sulfone groups is 1. The zero-order valence-electron chi connectivity index (χ0n) is 16.1. The lowest BCUT2D eigenvalue weighted by atomic mass is 10.1. The van der Waals surface area contributed by atoms with Crippen LogP contribution < -0.4 is 10.6 Å². The zero-order valence-corrected chi connectivity index (χ0v) is 17.7. The molecule has 0 fully saturated rings. The lowest BCUT2D eigenvalue weighted by molar-refractivity contribution is 0.238. The van der Waals surface area contributed by atoms with Crippen LogP contribution in [0.1, 0.15) is 29.7 Å². The van der Waals surface area contributed by atoms with E-state index in [1.807, 2.05) is 6.92 Å². The molecule has 2 rings (SSSR count). The van der Waals surface area contributed by atoms with Crippen LogP contribution in [-0.2, 0) is 9.84 Å². The highest BCUT2D eigenvalue weighted by molar-refractivity contribution is 7.99. The van der Waals surface area contributed by atoms with Crippen LogP contribution >= 0.6 is 11.8 Å². The highest BCUT2D eigenvalue weighted by Crippen LogP contribution is 2.20. The number of benzene rings is 2. The van der Waals surface area contributed by atoms with Gasteiger partial charge in [0.25, 0.3) is 0 Å². The third kappa shape index (κ3) is 6.59. The summed E-state index contributed by atoms with van der Waals surface area (Å²) in [6.45, 7) is 6.60. The van der Waals surface area contributed by atoms with Gasteiger partial charge >= 0.3 is 6.03 Å². The molecule has 0 radical (unpaired) electrons. The fraction of sp³-hybridized carbons (Fsp3) is 0.350. The average molecular weight is 407 g/mol. The molecule has 0 unspecified atom stereocenters. The predicted molar refractivity (Wildman–Crippen MR) is 111 cm³/mol. The summed E-state index contributed by atoms with van der Waals surface area (Å²) in [6.07, 6.45) is 1.17. The van der Waals surface area contributed by atoms with Gasteiger partial charge < -0.3 is 10.6 Å². The van der Waals surface area contributed by atoms with Gasteiger partial charge in [-0.1, -0.05) is 18.2 Å². The molecule has 0 saturated heterocycles. The van der Waals surface area contributed by atoms with Crippen molar-refractivity contribution in [3.63, 3.8) is 0 Å². The number of amides is 2. The SMILES string of the molecule is Cc1ccc(SCCNC(=O)N[C@H](C)c2ccc(S(C)(=O)=O)cc2)cc1C. The van der Waals surface area contributed by atoms with E-state index in [4.69, 9.17) is 0 Å². The summed E-state index contributed by atoms with van der Waals surface area (Å²) in [6, 6.07) is 12.4. The van der Waals surface area contributed by atoms with Gasteiger partial charge in [-0.3, -0.25) is 0 Å². The minimum atomic E-state index is -3.21. The molecule has 0 saturated carbocycles. The van der Waals surface area contributed by atoms with Gasteiger partial charge in [-0.25, -0.2) is 13.2 Å². The summed E-state index contributed by atoms with van der Waals surface area (Å²) in [5, 5.41) is 5.71. The Balaban J connectivity index is 1.77. The van der Waals surface area contributed by atoms with E-state index in [0.29, 0.717) is 6.54 Å². The second kappa shape index (κ2) is 9.28. The van der Waals surface area contributed by atoms with Crippen LogP contribution in [0.25, 0.3) is 0 Å². The first-order chi connectivity index (χ1) is 12.7. The molecule has 2 aromatic carbocycles. The summed E-state index contributed by atoms with van der Waals surface area (Å²) in [4.78, 5) is 13.5. The van der Waals surface area contributed by atoms with E-state index in [1.165, 1.54) is 22.3 Å². The summed E-state index contributed by atoms with van der Waals surface area (Å²) in [5.74, 6) is 0.785. The van der Waals surface area contributed by atoms with Gasteiger partial charge in [0.2, 0.25) is 0 Å². The van der Waals surface area contributed by atoms with Crippen molar-refractivity contribution < 1.29 is 13.2 Å². The Morgan fingerprint density at radius 1 is 1.07 bits per heavy atom. The van der Waals surface area contributed by atoms with Crippen molar-refractivity contribution in [2.75, 3.05) is 18.6 Å². The molecule has 2 amide bonds. The van der Waals surface area contributed by atoms with Crippen LogP contribution in [0.4, 0.5) is 4.79 Å². The maximum Gasteiger partial charge on any atom is 0.315 e. The third-order valence-corrected chi connectivity index (χ3v) is 6.41. The Hall–Kier alpha value is -1.99. The number of hydrogen-bond donors (Lipinski definition) is 2. The quantitative estimate of drug-likeness (QED) is 0.541. The molecule has 5 nitrogen and oxygen atoms in total. The molecule has 0 aliphatic rings. The monoisotopic (exact) mass is 406 g/mol. The summed E-state index contributed by atoms with van der Waals surface area (Å²) < 4.78 is 23.0. The molecule has 0 aliphatic carbocycles. The number of urea groups is 1. The Kier molecular flexibility index (Phi) is 7.33. The molecule has 2 N–H and O–H groups in total. The van der Waals surface area contributed by atoms with E-state index in [1.54, 1.807) is 36.0 Å². The van der Waals surface area contributed by atoms with Crippen LogP contribution in [-0.4, -0.2) is 33.0 Å². The summed E-state index contributed by atoms with van der Waals surface area (Å²) >= 11 is 1.71. The third-order valence-electron chi connectivity index (χ3n) is 4.29. The van der Waals surface area contributed by atoms with E-state index >= 15 is 0 Å². The number of hydrogen-bond acceptors (Lipinski definition) is 4. The molecule has 1 atom stereocenters.